The lowest BCUT2D eigenvalue weighted by atomic mass is 9.73. The first-order chi connectivity index (χ1) is 13.3. The Morgan fingerprint density at radius 3 is 2.22 bits per heavy atom. The first-order valence-corrected chi connectivity index (χ1v) is 14.2. The van der Waals surface area contributed by atoms with E-state index in [4.69, 9.17) is 5.26 Å². The lowest BCUT2D eigenvalue weighted by Crippen LogP contribution is -2.28. The van der Waals surface area contributed by atoms with Crippen molar-refractivity contribution in [1.29, 1.82) is 5.26 Å². The van der Waals surface area contributed by atoms with E-state index in [2.05, 4.69) is 25.1 Å². The predicted molar refractivity (Wildman–Crippen MR) is 119 cm³/mol. The van der Waals surface area contributed by atoms with Crippen molar-refractivity contribution in [2.24, 2.45) is 17.8 Å². The molecule has 2 heteroatoms. The van der Waals surface area contributed by atoms with E-state index in [0.717, 1.165) is 23.3 Å². The zero-order valence-electron chi connectivity index (χ0n) is 17.5. The number of hydrogen-bond acceptors (Lipinski definition) is 1. The Labute approximate surface area is 169 Å². The molecule has 0 atom stereocenters. The minimum atomic E-state index is -0.298. The molecule has 0 amide bonds. The van der Waals surface area contributed by atoms with Crippen molar-refractivity contribution in [2.45, 2.75) is 95.7 Å². The van der Waals surface area contributed by atoms with Gasteiger partial charge < -0.3 is 0 Å². The quantitative estimate of drug-likeness (QED) is 0.347. The van der Waals surface area contributed by atoms with E-state index in [9.17, 15) is 0 Å². The van der Waals surface area contributed by atoms with Crippen LogP contribution in [0.1, 0.15) is 82.3 Å². The maximum Gasteiger partial charge on any atom is 0.0991 e. The van der Waals surface area contributed by atoms with Gasteiger partial charge in [0.25, 0.3) is 0 Å². The Morgan fingerprint density at radius 2 is 1.59 bits per heavy atom. The zero-order valence-corrected chi connectivity index (χ0v) is 18.6. The molecule has 1 aliphatic heterocycles. The van der Waals surface area contributed by atoms with Crippen molar-refractivity contribution in [3.05, 3.63) is 35.4 Å². The van der Waals surface area contributed by atoms with Crippen LogP contribution in [0, 0.1) is 29.1 Å². The Morgan fingerprint density at radius 1 is 0.926 bits per heavy atom. The lowest BCUT2D eigenvalue weighted by molar-refractivity contribution is 0.184. The molecular weight excluding hydrogens is 342 g/mol. The zero-order chi connectivity index (χ0) is 18.9. The Balaban J connectivity index is 1.28. The van der Waals surface area contributed by atoms with Gasteiger partial charge in [-0.25, -0.2) is 0 Å². The summed E-state index contributed by atoms with van der Waals surface area (Å²) in [5, 5.41) is 8.87. The van der Waals surface area contributed by atoms with Crippen LogP contribution in [0.4, 0.5) is 0 Å². The van der Waals surface area contributed by atoms with Crippen LogP contribution in [-0.4, -0.2) is 8.80 Å². The van der Waals surface area contributed by atoms with Crippen LogP contribution >= 0.6 is 0 Å². The first kappa shape index (κ1) is 20.7. The van der Waals surface area contributed by atoms with Crippen LogP contribution in [0.5, 0.6) is 0 Å². The lowest BCUT2D eigenvalue weighted by Gasteiger charge is -2.37. The van der Waals surface area contributed by atoms with Gasteiger partial charge in [0.2, 0.25) is 0 Å². The summed E-state index contributed by atoms with van der Waals surface area (Å²) in [6, 6.07) is 15.3. The molecule has 0 spiro atoms. The van der Waals surface area contributed by atoms with Crippen molar-refractivity contribution < 1.29 is 0 Å². The third-order valence-electron chi connectivity index (χ3n) is 7.56. The maximum atomic E-state index is 8.87. The summed E-state index contributed by atoms with van der Waals surface area (Å²) >= 11 is 0. The molecule has 0 bridgehead atoms. The normalized spacial score (nSPS) is 28.6. The second kappa shape index (κ2) is 11.1. The largest absolute Gasteiger partial charge is 0.192 e. The van der Waals surface area contributed by atoms with E-state index in [0.29, 0.717) is 0 Å². The van der Waals surface area contributed by atoms with Gasteiger partial charge in [-0.2, -0.15) is 5.26 Å². The fraction of sp³-hybridized carbons (Fsp3) is 0.720. The standard InChI is InChI=1S/C25H39NSi/c1-2-17-27-18-15-25(16-19-27)24-13-11-22(12-14-24)6-4-3-5-21-7-9-23(20-26)10-8-21/h7-10,22,24-25,27H,2-6,11-19H2,1H3. The van der Waals surface area contributed by atoms with E-state index in [1.54, 1.807) is 31.0 Å². The highest BCUT2D eigenvalue weighted by Gasteiger charge is 2.30. The molecule has 1 saturated heterocycles. The van der Waals surface area contributed by atoms with Crippen LogP contribution in [0.3, 0.4) is 0 Å². The molecule has 1 aromatic rings. The number of unbranched alkanes of at least 4 members (excludes halogenated alkanes) is 1. The Kier molecular flexibility index (Phi) is 8.46. The first-order valence-electron chi connectivity index (χ1n) is 11.8. The van der Waals surface area contributed by atoms with Crippen LogP contribution < -0.4 is 0 Å². The fourth-order valence-electron chi connectivity index (χ4n) is 5.81. The van der Waals surface area contributed by atoms with Gasteiger partial charge in [-0.15, -0.1) is 0 Å². The summed E-state index contributed by atoms with van der Waals surface area (Å²) in [5.41, 5.74) is 2.16. The molecule has 0 unspecified atom stereocenters. The molecule has 27 heavy (non-hydrogen) atoms. The van der Waals surface area contributed by atoms with Gasteiger partial charge in [0.1, 0.15) is 0 Å². The molecule has 0 radical (unpaired) electrons. The maximum absolute atomic E-state index is 8.87. The van der Waals surface area contributed by atoms with Crippen LogP contribution in [-0.2, 0) is 6.42 Å². The highest BCUT2D eigenvalue weighted by molar-refractivity contribution is 6.58. The van der Waals surface area contributed by atoms with Crippen LogP contribution in [0.25, 0.3) is 0 Å². The van der Waals surface area contributed by atoms with Gasteiger partial charge in [0.05, 0.1) is 11.6 Å². The summed E-state index contributed by atoms with van der Waals surface area (Å²) in [6.45, 7) is 2.38. The Bertz CT molecular complexity index is 571. The van der Waals surface area contributed by atoms with Gasteiger partial charge in [-0.3, -0.25) is 0 Å². The SMILES string of the molecule is CCC[SiH]1CCC(C2CCC(CCCCc3ccc(C#N)cc3)CC2)CC1. The second-order valence-corrected chi connectivity index (χ2v) is 12.9. The van der Waals surface area contributed by atoms with Gasteiger partial charge >= 0.3 is 0 Å². The van der Waals surface area contributed by atoms with Gasteiger partial charge in [-0.05, 0) is 61.1 Å². The summed E-state index contributed by atoms with van der Waals surface area (Å²) < 4.78 is 0. The number of benzene rings is 1. The molecule has 3 rings (SSSR count). The number of nitriles is 1. The third-order valence-corrected chi connectivity index (χ3v) is 11.3. The molecular formula is C25H39NSi. The molecule has 1 heterocycles. The van der Waals surface area contributed by atoms with Crippen LogP contribution in [0.2, 0.25) is 18.1 Å². The molecule has 1 nitrogen and oxygen atoms in total. The highest BCUT2D eigenvalue weighted by atomic mass is 28.3. The molecule has 2 aliphatic rings. The average molecular weight is 382 g/mol. The van der Waals surface area contributed by atoms with E-state index >= 15 is 0 Å². The smallest absolute Gasteiger partial charge is 0.0991 e. The van der Waals surface area contributed by atoms with Gasteiger partial charge in [-0.1, -0.05) is 82.1 Å². The van der Waals surface area contributed by atoms with Crippen LogP contribution in [0.15, 0.2) is 24.3 Å². The van der Waals surface area contributed by atoms with Crippen molar-refractivity contribution in [3.8, 4) is 6.07 Å². The van der Waals surface area contributed by atoms with E-state index in [1.807, 2.05) is 12.1 Å². The fourth-order valence-corrected chi connectivity index (χ4v) is 9.29. The van der Waals surface area contributed by atoms with Gasteiger partial charge in [0, 0.05) is 8.80 Å². The van der Waals surface area contributed by atoms with E-state index in [-0.39, 0.29) is 8.80 Å². The van der Waals surface area contributed by atoms with Crippen molar-refractivity contribution in [3.63, 3.8) is 0 Å². The van der Waals surface area contributed by atoms with Crippen molar-refractivity contribution in [2.75, 3.05) is 0 Å². The molecule has 0 aromatic heterocycles. The summed E-state index contributed by atoms with van der Waals surface area (Å²) in [6.07, 6.45) is 16.0. The summed E-state index contributed by atoms with van der Waals surface area (Å²) in [7, 11) is -0.298. The van der Waals surface area contributed by atoms with E-state index < -0.39 is 0 Å². The molecule has 0 N–H and O–H groups in total. The predicted octanol–water partition coefficient (Wildman–Crippen LogP) is 7.12. The minimum Gasteiger partial charge on any atom is -0.192 e. The summed E-state index contributed by atoms with van der Waals surface area (Å²) in [5.74, 6) is 3.19. The second-order valence-electron chi connectivity index (χ2n) is 9.40. The molecule has 1 aliphatic carbocycles. The molecule has 1 aromatic carbocycles. The van der Waals surface area contributed by atoms with Gasteiger partial charge in [0.15, 0.2) is 0 Å². The molecule has 148 valence electrons. The highest BCUT2D eigenvalue weighted by Crippen LogP contribution is 2.41. The Hall–Kier alpha value is -1.07. The third kappa shape index (κ3) is 6.49. The van der Waals surface area contributed by atoms with Crippen molar-refractivity contribution in [1.82, 2.24) is 0 Å². The summed E-state index contributed by atoms with van der Waals surface area (Å²) in [4.78, 5) is 0. The number of hydrogen-bond donors (Lipinski definition) is 0. The monoisotopic (exact) mass is 381 g/mol. The number of nitrogens with zero attached hydrogens (tertiary/aromatic N) is 1. The average Bonchev–Trinajstić information content (AvgIpc) is 2.73. The van der Waals surface area contributed by atoms with E-state index in [1.165, 1.54) is 63.4 Å². The number of rotatable bonds is 8. The molecule has 1 saturated carbocycles. The minimum absolute atomic E-state index is 0.298. The van der Waals surface area contributed by atoms with Crippen molar-refractivity contribution >= 4 is 8.80 Å². The topological polar surface area (TPSA) is 23.8 Å². The number of aryl methyl sites for hydroxylation is 1. The molecule has 2 fully saturated rings.